The third-order valence-corrected chi connectivity index (χ3v) is 3.64. The summed E-state index contributed by atoms with van der Waals surface area (Å²) < 4.78 is 5.55. The third kappa shape index (κ3) is 2.97. The maximum atomic E-state index is 12.1. The van der Waals surface area contributed by atoms with E-state index in [4.69, 9.17) is 4.74 Å². The molecule has 0 radical (unpaired) electrons. The first-order valence-electron chi connectivity index (χ1n) is 6.34. The van der Waals surface area contributed by atoms with E-state index in [2.05, 4.69) is 5.32 Å². The first kappa shape index (κ1) is 12.8. The molecule has 2 heterocycles. The molecule has 0 aliphatic carbocycles. The van der Waals surface area contributed by atoms with Crippen molar-refractivity contribution in [1.82, 2.24) is 10.2 Å². The van der Waals surface area contributed by atoms with E-state index in [9.17, 15) is 9.90 Å². The van der Waals surface area contributed by atoms with E-state index in [1.807, 2.05) is 6.92 Å². The second-order valence-electron chi connectivity index (χ2n) is 5.36. The van der Waals surface area contributed by atoms with Crippen LogP contribution in [0.1, 0.15) is 26.2 Å². The molecule has 5 nitrogen and oxygen atoms in total. The molecule has 98 valence electrons. The Kier molecular flexibility index (Phi) is 3.70. The zero-order valence-corrected chi connectivity index (χ0v) is 10.6. The Morgan fingerprint density at radius 2 is 2.35 bits per heavy atom. The monoisotopic (exact) mass is 242 g/mol. The lowest BCUT2D eigenvalue weighted by molar-refractivity contribution is -0.144. The molecule has 3 atom stereocenters. The first-order chi connectivity index (χ1) is 8.00. The number of carbonyl (C=O) groups is 1. The molecule has 2 fully saturated rings. The van der Waals surface area contributed by atoms with E-state index in [0.29, 0.717) is 19.5 Å². The molecule has 2 saturated heterocycles. The summed E-state index contributed by atoms with van der Waals surface area (Å²) in [4.78, 5) is 13.7. The number of ether oxygens (including phenoxy) is 1. The van der Waals surface area contributed by atoms with Gasteiger partial charge in [-0.15, -0.1) is 0 Å². The van der Waals surface area contributed by atoms with Gasteiger partial charge in [-0.3, -0.25) is 4.79 Å². The zero-order chi connectivity index (χ0) is 12.5. The summed E-state index contributed by atoms with van der Waals surface area (Å²) >= 11 is 0. The van der Waals surface area contributed by atoms with Gasteiger partial charge in [0.05, 0.1) is 18.2 Å². The van der Waals surface area contributed by atoms with Gasteiger partial charge >= 0.3 is 0 Å². The van der Waals surface area contributed by atoms with E-state index in [1.165, 1.54) is 0 Å². The Morgan fingerprint density at radius 1 is 1.59 bits per heavy atom. The number of hydrogen-bond acceptors (Lipinski definition) is 4. The van der Waals surface area contributed by atoms with Gasteiger partial charge in [0.2, 0.25) is 0 Å². The van der Waals surface area contributed by atoms with Gasteiger partial charge in [0.25, 0.3) is 5.91 Å². The fraction of sp³-hybridized carbons (Fsp3) is 0.917. The molecular weight excluding hydrogens is 220 g/mol. The van der Waals surface area contributed by atoms with E-state index in [0.717, 1.165) is 19.4 Å². The number of hydrogen-bond donors (Lipinski definition) is 2. The van der Waals surface area contributed by atoms with Gasteiger partial charge in [0, 0.05) is 13.6 Å². The van der Waals surface area contributed by atoms with Crippen LogP contribution in [0.4, 0.5) is 0 Å². The third-order valence-electron chi connectivity index (χ3n) is 3.64. The summed E-state index contributed by atoms with van der Waals surface area (Å²) in [7, 11) is 1.74. The highest BCUT2D eigenvalue weighted by Crippen LogP contribution is 2.22. The average Bonchev–Trinajstić information content (AvgIpc) is 2.86. The van der Waals surface area contributed by atoms with Gasteiger partial charge in [-0.2, -0.15) is 0 Å². The maximum Gasteiger partial charge on any atom is 0.251 e. The van der Waals surface area contributed by atoms with Crippen molar-refractivity contribution >= 4 is 5.91 Å². The number of rotatable bonds is 3. The fourth-order valence-electron chi connectivity index (χ4n) is 2.61. The zero-order valence-electron chi connectivity index (χ0n) is 10.6. The van der Waals surface area contributed by atoms with Gasteiger partial charge in [-0.05, 0) is 32.7 Å². The van der Waals surface area contributed by atoms with Crippen LogP contribution in [0, 0.1) is 0 Å². The van der Waals surface area contributed by atoms with Gasteiger partial charge in [0.15, 0.2) is 0 Å². The number of β-amino-alcohol motifs (C(OH)–C–C–N with tert-alkyl or cyclic N) is 1. The van der Waals surface area contributed by atoms with Gasteiger partial charge in [-0.25, -0.2) is 0 Å². The number of likely N-dealkylation sites (N-methyl/N-ethyl adjacent to an activating group) is 1. The Labute approximate surface area is 102 Å². The van der Waals surface area contributed by atoms with Crippen LogP contribution in [0.5, 0.6) is 0 Å². The minimum absolute atomic E-state index is 0.00493. The number of aliphatic hydroxyl groups is 1. The lowest BCUT2D eigenvalue weighted by Gasteiger charge is -2.29. The lowest BCUT2D eigenvalue weighted by Crippen LogP contribution is -2.48. The summed E-state index contributed by atoms with van der Waals surface area (Å²) in [6, 6.07) is 0. The Balaban J connectivity index is 1.86. The quantitative estimate of drug-likeness (QED) is 0.715. The first-order valence-corrected chi connectivity index (χ1v) is 6.34. The van der Waals surface area contributed by atoms with E-state index >= 15 is 0 Å². The molecule has 3 unspecified atom stereocenters. The standard InChI is InChI=1S/C12H22N2O3/c1-9-3-4-10(17-9)11(15)14(2)8-12(16)5-6-13-7-12/h9-10,13,16H,3-8H2,1-2H3. The predicted molar refractivity (Wildman–Crippen MR) is 63.6 cm³/mol. The second kappa shape index (κ2) is 4.92. The van der Waals surface area contributed by atoms with Gasteiger partial charge < -0.3 is 20.1 Å². The summed E-state index contributed by atoms with van der Waals surface area (Å²) in [5.41, 5.74) is -0.769. The molecule has 0 spiro atoms. The molecule has 2 rings (SSSR count). The number of nitrogens with zero attached hydrogens (tertiary/aromatic N) is 1. The van der Waals surface area contributed by atoms with Crippen LogP contribution < -0.4 is 5.32 Å². The van der Waals surface area contributed by atoms with Gasteiger partial charge in [-0.1, -0.05) is 0 Å². The molecular formula is C12H22N2O3. The van der Waals surface area contributed by atoms with Crippen LogP contribution in [-0.2, 0) is 9.53 Å². The fourth-order valence-corrected chi connectivity index (χ4v) is 2.61. The average molecular weight is 242 g/mol. The Morgan fingerprint density at radius 3 is 2.88 bits per heavy atom. The largest absolute Gasteiger partial charge is 0.387 e. The van der Waals surface area contributed by atoms with Crippen molar-refractivity contribution < 1.29 is 14.6 Å². The number of amides is 1. The highest BCUT2D eigenvalue weighted by Gasteiger charge is 2.36. The van der Waals surface area contributed by atoms with Crippen LogP contribution >= 0.6 is 0 Å². The SMILES string of the molecule is CC1CCC(C(=O)N(C)CC2(O)CCNC2)O1. The normalized spacial score (nSPS) is 37.4. The van der Waals surface area contributed by atoms with Gasteiger partial charge in [0.1, 0.15) is 6.10 Å². The van der Waals surface area contributed by atoms with E-state index < -0.39 is 5.60 Å². The lowest BCUT2D eigenvalue weighted by atomic mass is 10.0. The van der Waals surface area contributed by atoms with Crippen molar-refractivity contribution in [2.45, 2.75) is 44.0 Å². The summed E-state index contributed by atoms with van der Waals surface area (Å²) in [5, 5.41) is 13.3. The van der Waals surface area contributed by atoms with Crippen molar-refractivity contribution in [1.29, 1.82) is 0 Å². The van der Waals surface area contributed by atoms with Crippen LogP contribution in [0.25, 0.3) is 0 Å². The van der Waals surface area contributed by atoms with Crippen molar-refractivity contribution in [3.63, 3.8) is 0 Å². The summed E-state index contributed by atoms with van der Waals surface area (Å²) in [6.07, 6.45) is 2.30. The van der Waals surface area contributed by atoms with Crippen molar-refractivity contribution in [3.8, 4) is 0 Å². The van der Waals surface area contributed by atoms with E-state index in [1.54, 1.807) is 11.9 Å². The molecule has 0 aromatic heterocycles. The molecule has 2 aliphatic rings. The summed E-state index contributed by atoms with van der Waals surface area (Å²) in [6.45, 7) is 3.75. The smallest absolute Gasteiger partial charge is 0.251 e. The molecule has 2 N–H and O–H groups in total. The Bertz CT molecular complexity index is 289. The number of nitrogens with one attached hydrogen (secondary N) is 1. The molecule has 17 heavy (non-hydrogen) atoms. The molecule has 0 aromatic carbocycles. The predicted octanol–water partition coefficient (Wildman–Crippen LogP) is -0.263. The van der Waals surface area contributed by atoms with Crippen LogP contribution in [-0.4, -0.2) is 60.4 Å². The van der Waals surface area contributed by atoms with Crippen LogP contribution in [0.15, 0.2) is 0 Å². The molecule has 1 amide bonds. The summed E-state index contributed by atoms with van der Waals surface area (Å²) in [5.74, 6) is -0.00493. The van der Waals surface area contributed by atoms with Crippen molar-refractivity contribution in [2.24, 2.45) is 0 Å². The Hall–Kier alpha value is -0.650. The van der Waals surface area contributed by atoms with Crippen LogP contribution in [0.3, 0.4) is 0 Å². The van der Waals surface area contributed by atoms with Crippen LogP contribution in [0.2, 0.25) is 0 Å². The molecule has 0 bridgehead atoms. The maximum absolute atomic E-state index is 12.1. The topological polar surface area (TPSA) is 61.8 Å². The molecule has 0 saturated carbocycles. The van der Waals surface area contributed by atoms with Crippen molar-refractivity contribution in [3.05, 3.63) is 0 Å². The molecule has 0 aromatic rings. The van der Waals surface area contributed by atoms with E-state index in [-0.39, 0.29) is 18.1 Å². The molecule has 2 aliphatic heterocycles. The highest BCUT2D eigenvalue weighted by atomic mass is 16.5. The minimum Gasteiger partial charge on any atom is -0.387 e. The second-order valence-corrected chi connectivity index (χ2v) is 5.36. The minimum atomic E-state index is -0.769. The van der Waals surface area contributed by atoms with Crippen molar-refractivity contribution in [2.75, 3.05) is 26.7 Å². The number of carbonyl (C=O) groups excluding carboxylic acids is 1. The molecule has 5 heteroatoms. The highest BCUT2D eigenvalue weighted by molar-refractivity contribution is 5.81.